The number of aliphatic hydroxyl groups excluding tert-OH is 1. The molecule has 0 amide bonds. The Bertz CT molecular complexity index is 757. The topological polar surface area (TPSA) is 60.2 Å². The van der Waals surface area contributed by atoms with Crippen LogP contribution in [0.2, 0.25) is 0 Å². The third-order valence-corrected chi connectivity index (χ3v) is 3.47. The van der Waals surface area contributed by atoms with Crippen LogP contribution in [0.1, 0.15) is 12.0 Å². The van der Waals surface area contributed by atoms with Crippen LogP contribution in [-0.2, 0) is 4.74 Å². The third kappa shape index (κ3) is 2.22. The molecule has 0 aliphatic rings. The number of aromatic nitrogens is 3. The van der Waals surface area contributed by atoms with Gasteiger partial charge in [0.05, 0.1) is 5.69 Å². The van der Waals surface area contributed by atoms with Crippen molar-refractivity contribution < 1.29 is 9.84 Å². The maximum absolute atomic E-state index is 9.91. The van der Waals surface area contributed by atoms with E-state index >= 15 is 0 Å². The Morgan fingerprint density at radius 1 is 1.30 bits per heavy atom. The first-order valence-electron chi connectivity index (χ1n) is 6.01. The van der Waals surface area contributed by atoms with E-state index in [1.807, 2.05) is 30.3 Å². The molecule has 0 radical (unpaired) electrons. The van der Waals surface area contributed by atoms with E-state index in [1.54, 1.807) is 16.9 Å². The number of ether oxygens (including phenoxy) is 1. The molecule has 1 atom stereocenters. The number of methoxy groups -OCH3 is 1. The second-order valence-electron chi connectivity index (χ2n) is 4.24. The minimum Gasteiger partial charge on any atom is -0.363 e. The molecule has 0 fully saturated rings. The fourth-order valence-electron chi connectivity index (χ4n) is 2.06. The lowest BCUT2D eigenvalue weighted by atomic mass is 10.2. The van der Waals surface area contributed by atoms with Crippen LogP contribution >= 0.6 is 15.9 Å². The number of nitrogens with zero attached hydrogens (tertiary/aromatic N) is 3. The number of benzene rings is 1. The quantitative estimate of drug-likeness (QED) is 0.749. The molecule has 0 bridgehead atoms. The van der Waals surface area contributed by atoms with Crippen LogP contribution in [0.5, 0.6) is 0 Å². The summed E-state index contributed by atoms with van der Waals surface area (Å²) in [7, 11) is 1.44. The van der Waals surface area contributed by atoms with Crippen molar-refractivity contribution in [2.75, 3.05) is 7.11 Å². The summed E-state index contributed by atoms with van der Waals surface area (Å²) in [6.07, 6.45) is 0.622. The predicted molar refractivity (Wildman–Crippen MR) is 78.5 cm³/mol. The zero-order valence-corrected chi connectivity index (χ0v) is 12.3. The summed E-state index contributed by atoms with van der Waals surface area (Å²) in [5.41, 5.74) is 1.99. The number of rotatable bonds is 3. The molecule has 1 N–H and O–H groups in total. The molecule has 102 valence electrons. The maximum atomic E-state index is 9.91. The summed E-state index contributed by atoms with van der Waals surface area (Å²) in [6, 6.07) is 11.4. The zero-order chi connectivity index (χ0) is 14.1. The Hall–Kier alpha value is -1.76. The van der Waals surface area contributed by atoms with Gasteiger partial charge in [-0.05, 0) is 30.3 Å². The summed E-state index contributed by atoms with van der Waals surface area (Å²) in [5.74, 6) is 0. The number of hydrogen-bond donors (Lipinski definition) is 1. The van der Waals surface area contributed by atoms with Gasteiger partial charge in [0.1, 0.15) is 5.69 Å². The predicted octanol–water partition coefficient (Wildman–Crippen LogP) is 2.82. The van der Waals surface area contributed by atoms with Crippen molar-refractivity contribution in [2.45, 2.75) is 6.29 Å². The fourth-order valence-corrected chi connectivity index (χ4v) is 2.44. The van der Waals surface area contributed by atoms with Crippen LogP contribution in [0.15, 0.2) is 47.1 Å². The normalized spacial score (nSPS) is 12.8. The van der Waals surface area contributed by atoms with Crippen LogP contribution < -0.4 is 0 Å². The summed E-state index contributed by atoms with van der Waals surface area (Å²) in [5, 5.41) is 15.1. The first-order valence-corrected chi connectivity index (χ1v) is 6.80. The molecule has 0 aliphatic carbocycles. The fraction of sp³-hybridized carbons (Fsp3) is 0.143. The second-order valence-corrected chi connectivity index (χ2v) is 5.16. The zero-order valence-electron chi connectivity index (χ0n) is 10.7. The lowest BCUT2D eigenvalue weighted by Crippen LogP contribution is -2.03. The Labute approximate surface area is 124 Å². The van der Waals surface area contributed by atoms with Crippen LogP contribution in [0.4, 0.5) is 0 Å². The molecule has 0 saturated heterocycles. The van der Waals surface area contributed by atoms with Crippen molar-refractivity contribution in [1.82, 2.24) is 14.8 Å². The van der Waals surface area contributed by atoms with E-state index in [0.29, 0.717) is 11.3 Å². The average molecular weight is 334 g/mol. The molecule has 3 aromatic rings. The van der Waals surface area contributed by atoms with Gasteiger partial charge in [0.25, 0.3) is 0 Å². The monoisotopic (exact) mass is 333 g/mol. The first kappa shape index (κ1) is 13.2. The summed E-state index contributed by atoms with van der Waals surface area (Å²) < 4.78 is 7.60. The van der Waals surface area contributed by atoms with E-state index in [0.717, 1.165) is 15.5 Å². The molecule has 1 aromatic carbocycles. The van der Waals surface area contributed by atoms with E-state index < -0.39 is 6.29 Å². The van der Waals surface area contributed by atoms with E-state index in [-0.39, 0.29) is 0 Å². The highest BCUT2D eigenvalue weighted by molar-refractivity contribution is 9.10. The van der Waals surface area contributed by atoms with E-state index in [1.165, 1.54) is 7.11 Å². The standard InChI is InChI=1S/C14H12BrN3O2/c1-20-14(19)12-11-6-3-7-16-13(11)18(17-12)10-5-2-4-9(15)8-10/h2-8,14,19H,1H3. The van der Waals surface area contributed by atoms with E-state index in [2.05, 4.69) is 26.0 Å². The van der Waals surface area contributed by atoms with Gasteiger partial charge in [-0.1, -0.05) is 22.0 Å². The van der Waals surface area contributed by atoms with Crippen molar-refractivity contribution in [3.8, 4) is 5.69 Å². The molecular weight excluding hydrogens is 322 g/mol. The number of fused-ring (bicyclic) bond motifs is 1. The molecule has 0 saturated carbocycles. The lowest BCUT2D eigenvalue weighted by molar-refractivity contribution is -0.0790. The van der Waals surface area contributed by atoms with Gasteiger partial charge in [-0.25, -0.2) is 9.67 Å². The van der Waals surface area contributed by atoms with Gasteiger partial charge in [-0.15, -0.1) is 0 Å². The minimum atomic E-state index is -1.07. The lowest BCUT2D eigenvalue weighted by Gasteiger charge is -2.04. The smallest absolute Gasteiger partial charge is 0.200 e. The van der Waals surface area contributed by atoms with Crippen LogP contribution in [0, 0.1) is 0 Å². The Morgan fingerprint density at radius 3 is 2.90 bits per heavy atom. The molecule has 2 aromatic heterocycles. The van der Waals surface area contributed by atoms with Gasteiger partial charge in [0.15, 0.2) is 5.65 Å². The van der Waals surface area contributed by atoms with E-state index in [9.17, 15) is 5.11 Å². The molecule has 20 heavy (non-hydrogen) atoms. The molecule has 6 heteroatoms. The molecule has 0 spiro atoms. The molecular formula is C14H12BrN3O2. The highest BCUT2D eigenvalue weighted by Gasteiger charge is 2.18. The number of pyridine rings is 1. The van der Waals surface area contributed by atoms with Crippen molar-refractivity contribution in [2.24, 2.45) is 0 Å². The number of halogens is 1. The minimum absolute atomic E-state index is 0.454. The first-order chi connectivity index (χ1) is 9.70. The molecule has 3 rings (SSSR count). The van der Waals surface area contributed by atoms with Crippen molar-refractivity contribution >= 4 is 27.0 Å². The second kappa shape index (κ2) is 5.32. The largest absolute Gasteiger partial charge is 0.363 e. The van der Waals surface area contributed by atoms with Gasteiger partial charge in [0.2, 0.25) is 6.29 Å². The van der Waals surface area contributed by atoms with Gasteiger partial charge in [-0.2, -0.15) is 5.10 Å². The maximum Gasteiger partial charge on any atom is 0.200 e. The summed E-state index contributed by atoms with van der Waals surface area (Å²) >= 11 is 3.44. The summed E-state index contributed by atoms with van der Waals surface area (Å²) in [6.45, 7) is 0. The van der Waals surface area contributed by atoms with Crippen LogP contribution in [0.25, 0.3) is 16.7 Å². The van der Waals surface area contributed by atoms with Gasteiger partial charge < -0.3 is 9.84 Å². The van der Waals surface area contributed by atoms with Crippen molar-refractivity contribution in [3.63, 3.8) is 0 Å². The Morgan fingerprint density at radius 2 is 2.15 bits per heavy atom. The average Bonchev–Trinajstić information content (AvgIpc) is 2.86. The van der Waals surface area contributed by atoms with Gasteiger partial charge >= 0.3 is 0 Å². The molecule has 5 nitrogen and oxygen atoms in total. The summed E-state index contributed by atoms with van der Waals surface area (Å²) in [4.78, 5) is 4.34. The highest BCUT2D eigenvalue weighted by atomic mass is 79.9. The van der Waals surface area contributed by atoms with Gasteiger partial charge in [-0.3, -0.25) is 0 Å². The third-order valence-electron chi connectivity index (χ3n) is 2.98. The van der Waals surface area contributed by atoms with Crippen molar-refractivity contribution in [1.29, 1.82) is 0 Å². The van der Waals surface area contributed by atoms with Gasteiger partial charge in [0, 0.05) is 23.2 Å². The highest BCUT2D eigenvalue weighted by Crippen LogP contribution is 2.26. The number of hydrogen-bond acceptors (Lipinski definition) is 4. The molecule has 1 unspecified atom stereocenters. The Kier molecular flexibility index (Phi) is 3.52. The number of aliphatic hydroxyl groups is 1. The Balaban J connectivity index is 2.26. The van der Waals surface area contributed by atoms with Crippen LogP contribution in [-0.4, -0.2) is 27.0 Å². The molecule has 2 heterocycles. The van der Waals surface area contributed by atoms with E-state index in [4.69, 9.17) is 4.74 Å². The van der Waals surface area contributed by atoms with Crippen LogP contribution in [0.3, 0.4) is 0 Å². The SMILES string of the molecule is COC(O)c1nn(-c2cccc(Br)c2)c2ncccc12. The van der Waals surface area contributed by atoms with Crippen molar-refractivity contribution in [3.05, 3.63) is 52.8 Å². The molecule has 0 aliphatic heterocycles.